The average Bonchev–Trinajstić information content (AvgIpc) is 4.24. The third-order valence-corrected chi connectivity index (χ3v) is 16.3. The summed E-state index contributed by atoms with van der Waals surface area (Å²) < 4.78 is 26.0. The van der Waals surface area contributed by atoms with E-state index in [4.69, 9.17) is 0 Å². The number of hydrogen-bond acceptors (Lipinski definition) is 9. The number of fused-ring (bicyclic) bond motifs is 2. The highest BCUT2D eigenvalue weighted by Crippen LogP contribution is 2.39. The summed E-state index contributed by atoms with van der Waals surface area (Å²) in [5.74, 6) is 0.655. The predicted molar refractivity (Wildman–Crippen MR) is 320 cm³/mol. The first-order valence-corrected chi connectivity index (χ1v) is 30.5. The molecule has 0 aromatic rings. The van der Waals surface area contributed by atoms with Gasteiger partial charge < -0.3 is 34.4 Å². The van der Waals surface area contributed by atoms with E-state index >= 15 is 0 Å². The molecule has 18 heteroatoms. The van der Waals surface area contributed by atoms with Crippen molar-refractivity contribution in [3.05, 3.63) is 11.5 Å². The molecule has 15 nitrogen and oxygen atoms in total. The minimum Gasteiger partial charge on any atom is -0.447 e. The van der Waals surface area contributed by atoms with Crippen molar-refractivity contribution < 1.29 is 52.2 Å². The summed E-state index contributed by atoms with van der Waals surface area (Å²) in [5, 5.41) is 9.39. The minimum absolute atomic E-state index is 0.0470. The molecule has 0 radical (unpaired) electrons. The molecule has 5 atom stereocenters. The number of nitrogens with zero attached hydrogens (tertiary/aromatic N) is 6. The Labute approximate surface area is 488 Å². The molecule has 81 heavy (non-hydrogen) atoms. The van der Waals surface area contributed by atoms with Crippen LogP contribution in [-0.2, 0) is 38.4 Å². The number of ketones is 2. The highest BCUT2D eigenvalue weighted by molar-refractivity contribution is 6.57. The van der Waals surface area contributed by atoms with Crippen LogP contribution in [0.3, 0.4) is 0 Å². The largest absolute Gasteiger partial charge is 0.447 e. The lowest BCUT2D eigenvalue weighted by molar-refractivity contribution is -0.149. The number of hydrogen-bond donors (Lipinski definition) is 1. The topological polar surface area (TPSA) is 176 Å². The highest BCUT2D eigenvalue weighted by Gasteiger charge is 2.43. The van der Waals surface area contributed by atoms with Gasteiger partial charge in [0.05, 0.1) is 6.54 Å². The maximum absolute atomic E-state index is 13.0. The van der Waals surface area contributed by atoms with Gasteiger partial charge in [-0.3, -0.25) is 38.4 Å². The van der Waals surface area contributed by atoms with E-state index in [1.807, 2.05) is 111 Å². The van der Waals surface area contributed by atoms with Crippen LogP contribution in [0.1, 0.15) is 196 Å². The van der Waals surface area contributed by atoms with Gasteiger partial charge in [-0.2, -0.15) is 0 Å². The van der Waals surface area contributed by atoms with Gasteiger partial charge in [-0.05, 0) is 77.0 Å². The molecule has 6 amide bonds. The molecule has 0 aromatic heterocycles. The lowest BCUT2D eigenvalue weighted by atomic mass is 9.61. The quantitative estimate of drug-likeness (QED) is 0.254. The SMILES string of the molecule is CB(O)C1=CCN(C(=O)C(C)(C)C)CC1.CC(=O)C1CCN(C(=O)C(C)(C)C)C1.CC(=O)C1CCN(C(=O)C(C)C)C1.CC(C)(C)C(=O)N1CC2CCC1C2.CC(C)(C)C(=O)N1CCCC(F)(F)C1.CCC1CCN(C(=O)C(C)C)C1. The van der Waals surface area contributed by atoms with Crippen molar-refractivity contribution in [1.29, 1.82) is 0 Å². The summed E-state index contributed by atoms with van der Waals surface area (Å²) in [4.78, 5) is 104. The second kappa shape index (κ2) is 31.1. The molecular formula is C63H111BF2N6O9. The van der Waals surface area contributed by atoms with Gasteiger partial charge in [-0.25, -0.2) is 8.78 Å². The van der Waals surface area contributed by atoms with E-state index < -0.39 is 17.9 Å². The predicted octanol–water partition coefficient (Wildman–Crippen LogP) is 10.1. The van der Waals surface area contributed by atoms with Crippen molar-refractivity contribution in [2.24, 2.45) is 57.2 Å². The molecule has 0 spiro atoms. The number of halogens is 2. The fourth-order valence-corrected chi connectivity index (χ4v) is 11.1. The first-order valence-electron chi connectivity index (χ1n) is 30.5. The lowest BCUT2D eigenvalue weighted by Gasteiger charge is -2.36. The lowest BCUT2D eigenvalue weighted by Crippen LogP contribution is -2.49. The van der Waals surface area contributed by atoms with Gasteiger partial charge in [0.25, 0.3) is 5.92 Å². The fourth-order valence-electron chi connectivity index (χ4n) is 11.1. The third-order valence-electron chi connectivity index (χ3n) is 16.3. The first-order chi connectivity index (χ1) is 37.0. The van der Waals surface area contributed by atoms with Crippen LogP contribution in [0.2, 0.25) is 6.82 Å². The molecule has 2 bridgehead atoms. The van der Waals surface area contributed by atoms with Crippen molar-refractivity contribution in [2.75, 3.05) is 72.0 Å². The molecule has 464 valence electrons. The number of piperidine rings is 2. The Morgan fingerprint density at radius 2 is 1.04 bits per heavy atom. The van der Waals surface area contributed by atoms with Gasteiger partial charge in [-0.15, -0.1) is 0 Å². The Morgan fingerprint density at radius 3 is 1.40 bits per heavy atom. The Balaban J connectivity index is 0.000000332. The highest BCUT2D eigenvalue weighted by atomic mass is 19.3. The number of carbonyl (C=O) groups excluding carboxylic acids is 8. The van der Waals surface area contributed by atoms with Gasteiger partial charge >= 0.3 is 6.92 Å². The molecule has 6 heterocycles. The molecule has 6 fully saturated rings. The summed E-state index contributed by atoms with van der Waals surface area (Å²) in [6, 6.07) is 0.580. The Morgan fingerprint density at radius 1 is 0.593 bits per heavy atom. The molecule has 7 rings (SSSR count). The Bertz CT molecular complexity index is 2160. The van der Waals surface area contributed by atoms with Crippen molar-refractivity contribution in [3.8, 4) is 0 Å². The maximum atomic E-state index is 13.0. The summed E-state index contributed by atoms with van der Waals surface area (Å²) in [7, 11) is 0. The van der Waals surface area contributed by atoms with Gasteiger partial charge in [0, 0.05) is 123 Å². The van der Waals surface area contributed by atoms with E-state index in [1.165, 1.54) is 37.0 Å². The Hall–Kier alpha value is -4.22. The van der Waals surface area contributed by atoms with Gasteiger partial charge in [0.15, 0.2) is 0 Å². The van der Waals surface area contributed by atoms with Crippen LogP contribution in [0, 0.1) is 57.2 Å². The molecule has 7 aliphatic rings. The zero-order valence-electron chi connectivity index (χ0n) is 54.2. The van der Waals surface area contributed by atoms with Crippen molar-refractivity contribution >= 4 is 53.9 Å². The van der Waals surface area contributed by atoms with Crippen LogP contribution >= 0.6 is 0 Å². The second-order valence-electron chi connectivity index (χ2n) is 28.8. The normalized spacial score (nSPS) is 23.3. The molecule has 6 aliphatic heterocycles. The van der Waals surface area contributed by atoms with Crippen LogP contribution in [0.25, 0.3) is 0 Å². The number of rotatable bonds is 6. The van der Waals surface area contributed by atoms with Crippen molar-refractivity contribution in [3.63, 3.8) is 0 Å². The number of likely N-dealkylation sites (tertiary alicyclic amines) is 5. The van der Waals surface area contributed by atoms with E-state index in [2.05, 4.69) is 11.8 Å². The van der Waals surface area contributed by atoms with Crippen LogP contribution in [0.15, 0.2) is 11.5 Å². The van der Waals surface area contributed by atoms with Crippen LogP contribution < -0.4 is 0 Å². The van der Waals surface area contributed by atoms with E-state index in [1.54, 1.807) is 46.3 Å². The molecule has 1 aliphatic carbocycles. The van der Waals surface area contributed by atoms with Crippen LogP contribution in [-0.4, -0.2) is 172 Å². The van der Waals surface area contributed by atoms with Gasteiger partial charge in [0.1, 0.15) is 11.6 Å². The zero-order valence-corrected chi connectivity index (χ0v) is 54.2. The third kappa shape index (κ3) is 23.8. The monoisotopic (exact) mass is 1140 g/mol. The minimum atomic E-state index is -2.70. The first kappa shape index (κ1) is 72.9. The van der Waals surface area contributed by atoms with E-state index in [9.17, 15) is 52.2 Å². The van der Waals surface area contributed by atoms with Crippen LogP contribution in [0.5, 0.6) is 0 Å². The molecule has 5 saturated heterocycles. The zero-order chi connectivity index (χ0) is 62.3. The standard InChI is InChI=1S/C11H20BNO2.C11H19NO2.C11H19NO.C10H17F2NO.C10H17NO2.C10H19NO/c1-11(2,3)10(14)13-7-5-9(6-8-13)12(4)15;1-8(13)9-5-6-12(7-9)10(14)11(2,3)4;1-11(2,3)10(13)12-7-8-4-5-9(12)6-8;1-9(2,3)8(14)13-6-4-5-10(11,12)7-13;1-7(2)10(13)11-5-4-9(6-11)8(3)12;1-4-9-5-6-11(7-9)10(12)8(2)3/h5,15H,6-8H2,1-4H3;9H,5-7H2,1-4H3;8-9H,4-7H2,1-3H3;4-7H2,1-3H3;7,9H,4-6H2,1-3H3;8-9H,4-7H2,1-3H3. The van der Waals surface area contributed by atoms with Crippen molar-refractivity contribution in [2.45, 2.75) is 215 Å². The van der Waals surface area contributed by atoms with E-state index in [0.717, 1.165) is 75.8 Å². The fraction of sp³-hybridized carbons (Fsp3) is 0.841. The molecule has 0 aromatic carbocycles. The molecule has 1 N–H and O–H groups in total. The number of alkyl halides is 2. The summed E-state index contributed by atoms with van der Waals surface area (Å²) >= 11 is 0. The van der Waals surface area contributed by atoms with Crippen molar-refractivity contribution in [1.82, 2.24) is 29.4 Å². The molecular weight excluding hydrogens is 1030 g/mol. The van der Waals surface area contributed by atoms with Gasteiger partial charge in [0.2, 0.25) is 35.4 Å². The number of Topliss-reactive ketones (excluding diaryl/α,β-unsaturated/α-hetero) is 2. The maximum Gasteiger partial charge on any atom is 0.315 e. The smallest absolute Gasteiger partial charge is 0.315 e. The summed E-state index contributed by atoms with van der Waals surface area (Å²) in [5.41, 5.74) is -0.340. The summed E-state index contributed by atoms with van der Waals surface area (Å²) in [6.45, 7) is 44.5. The molecule has 5 unspecified atom stereocenters. The second-order valence-corrected chi connectivity index (χ2v) is 28.8. The average molecular weight is 1150 g/mol. The molecule has 1 saturated carbocycles. The van der Waals surface area contributed by atoms with Gasteiger partial charge in [-0.1, -0.05) is 142 Å². The number of amides is 6. The van der Waals surface area contributed by atoms with E-state index in [-0.39, 0.29) is 88.4 Å². The van der Waals surface area contributed by atoms with E-state index in [0.29, 0.717) is 50.5 Å². The Kier molecular flexibility index (Phi) is 28.0. The van der Waals surface area contributed by atoms with Crippen LogP contribution in [0.4, 0.5) is 8.78 Å². The number of carbonyl (C=O) groups is 8. The summed E-state index contributed by atoms with van der Waals surface area (Å²) in [6.07, 6.45) is 11.0.